The Labute approximate surface area is 240 Å². The maximum absolute atomic E-state index is 14.2. The van der Waals surface area contributed by atoms with Crippen molar-refractivity contribution in [2.75, 3.05) is 0 Å². The van der Waals surface area contributed by atoms with E-state index in [1.165, 1.54) is 11.8 Å². The molecule has 1 N–H and O–H groups in total. The second-order valence-electron chi connectivity index (χ2n) is 10.5. The first-order valence-electron chi connectivity index (χ1n) is 13.4. The summed E-state index contributed by atoms with van der Waals surface area (Å²) >= 11 is 2.89. The molecular formula is C30H31N5O3S2. The quantitative estimate of drug-likeness (QED) is 0.266. The Kier molecular flexibility index (Phi) is 7.24. The third kappa shape index (κ3) is 4.84. The molecule has 0 radical (unpaired) electrons. The molecule has 1 aliphatic heterocycles. The lowest BCUT2D eigenvalue weighted by Crippen LogP contribution is -2.30. The Balaban J connectivity index is 1.45. The van der Waals surface area contributed by atoms with Crippen LogP contribution in [0, 0.1) is 12.8 Å². The van der Waals surface area contributed by atoms with Gasteiger partial charge in [-0.15, -0.1) is 21.5 Å². The minimum atomic E-state index is -0.422. The van der Waals surface area contributed by atoms with Gasteiger partial charge in [0.2, 0.25) is 11.7 Å². The average molecular weight is 574 g/mol. The summed E-state index contributed by atoms with van der Waals surface area (Å²) in [6, 6.07) is 17.7. The number of thiophene rings is 1. The van der Waals surface area contributed by atoms with Gasteiger partial charge in [-0.2, -0.15) is 0 Å². The largest absolute Gasteiger partial charge is 0.372 e. The highest BCUT2D eigenvalue weighted by atomic mass is 32.2. The van der Waals surface area contributed by atoms with Crippen molar-refractivity contribution in [2.24, 2.45) is 5.92 Å². The van der Waals surface area contributed by atoms with Crippen molar-refractivity contribution in [3.05, 3.63) is 86.5 Å². The standard InChI is InChI=1S/C30H31N5O3S2/c1-17(2)23-14-22-24(16-38-23)40-28-25(22)27(37)34(21-12-10-18(3)11-13-21)29-32-33-30(35(28)29)39-19(4)26(36)31-15-20-8-6-5-7-9-20/h5-13,17,19,23H,14-16H2,1-4H3,(H,31,36)/t19-,23+/m0/s1. The lowest BCUT2D eigenvalue weighted by atomic mass is 9.96. The third-order valence-corrected chi connectivity index (χ3v) is 9.57. The van der Waals surface area contributed by atoms with Crippen molar-refractivity contribution in [3.63, 3.8) is 0 Å². The number of aryl methyl sites for hydroxylation is 1. The molecule has 0 bridgehead atoms. The van der Waals surface area contributed by atoms with Gasteiger partial charge < -0.3 is 10.1 Å². The molecule has 0 spiro atoms. The van der Waals surface area contributed by atoms with Crippen LogP contribution in [0.15, 0.2) is 64.5 Å². The molecule has 0 unspecified atom stereocenters. The number of carbonyl (C=O) groups is 1. The number of nitrogens with one attached hydrogen (secondary N) is 1. The SMILES string of the molecule is Cc1ccc(-n2c(=O)c3c4c(sc3n3c(S[C@@H](C)C(=O)NCc5ccccc5)nnc23)CO[C@@H](C(C)C)C4)cc1. The summed E-state index contributed by atoms with van der Waals surface area (Å²) in [5.74, 6) is 0.676. The molecule has 40 heavy (non-hydrogen) atoms. The second-order valence-corrected chi connectivity index (χ2v) is 12.9. The van der Waals surface area contributed by atoms with Gasteiger partial charge in [0.05, 0.1) is 29.0 Å². The van der Waals surface area contributed by atoms with Crippen molar-refractivity contribution in [3.8, 4) is 5.69 Å². The van der Waals surface area contributed by atoms with E-state index < -0.39 is 5.25 Å². The summed E-state index contributed by atoms with van der Waals surface area (Å²) in [5, 5.41) is 12.8. The molecule has 0 fully saturated rings. The van der Waals surface area contributed by atoms with Crippen LogP contribution >= 0.6 is 23.1 Å². The molecular weight excluding hydrogens is 542 g/mol. The number of aromatic nitrogens is 4. The van der Waals surface area contributed by atoms with E-state index in [-0.39, 0.29) is 17.6 Å². The fourth-order valence-electron chi connectivity index (χ4n) is 5.01. The molecule has 0 aliphatic carbocycles. The summed E-state index contributed by atoms with van der Waals surface area (Å²) in [7, 11) is 0. The Bertz CT molecular complexity index is 1760. The molecule has 6 rings (SSSR count). The molecule has 4 heterocycles. The lowest BCUT2D eigenvalue weighted by Gasteiger charge is -2.26. The smallest absolute Gasteiger partial charge is 0.268 e. The topological polar surface area (TPSA) is 90.5 Å². The third-order valence-electron chi connectivity index (χ3n) is 7.34. The first-order valence-corrected chi connectivity index (χ1v) is 15.1. The number of amides is 1. The van der Waals surface area contributed by atoms with Gasteiger partial charge in [-0.1, -0.05) is 73.6 Å². The van der Waals surface area contributed by atoms with Gasteiger partial charge in [0.25, 0.3) is 5.56 Å². The Morgan fingerprint density at radius 2 is 1.88 bits per heavy atom. The monoisotopic (exact) mass is 573 g/mol. The predicted octanol–water partition coefficient (Wildman–Crippen LogP) is 5.30. The Hall–Kier alpha value is -3.47. The molecule has 8 nitrogen and oxygen atoms in total. The molecule has 206 valence electrons. The van der Waals surface area contributed by atoms with Gasteiger partial charge in [0.15, 0.2) is 5.16 Å². The van der Waals surface area contributed by atoms with Gasteiger partial charge in [-0.25, -0.2) is 8.97 Å². The second kappa shape index (κ2) is 10.8. The van der Waals surface area contributed by atoms with Crippen molar-refractivity contribution in [2.45, 2.75) is 63.8 Å². The predicted molar refractivity (Wildman–Crippen MR) is 159 cm³/mol. The van der Waals surface area contributed by atoms with Crippen LogP contribution in [0.3, 0.4) is 0 Å². The van der Waals surface area contributed by atoms with Gasteiger partial charge in [0, 0.05) is 17.8 Å². The van der Waals surface area contributed by atoms with E-state index in [9.17, 15) is 9.59 Å². The molecule has 1 aliphatic rings. The van der Waals surface area contributed by atoms with Crippen molar-refractivity contribution >= 4 is 45.0 Å². The summed E-state index contributed by atoms with van der Waals surface area (Å²) in [6.45, 7) is 9.10. The van der Waals surface area contributed by atoms with E-state index in [4.69, 9.17) is 4.74 Å². The fraction of sp³-hybridized carbons (Fsp3) is 0.333. The van der Waals surface area contributed by atoms with Crippen LogP contribution in [-0.4, -0.2) is 36.4 Å². The average Bonchev–Trinajstić information content (AvgIpc) is 3.54. The van der Waals surface area contributed by atoms with Gasteiger partial charge in [-0.3, -0.25) is 9.59 Å². The first kappa shape index (κ1) is 26.7. The number of benzene rings is 2. The highest BCUT2D eigenvalue weighted by Gasteiger charge is 2.30. The molecule has 0 saturated heterocycles. The number of nitrogens with zero attached hydrogens (tertiary/aromatic N) is 4. The normalized spacial score (nSPS) is 16.0. The molecule has 2 aromatic carbocycles. The van der Waals surface area contributed by atoms with Gasteiger partial charge in [-0.05, 0) is 43.0 Å². The van der Waals surface area contributed by atoms with Crippen LogP contribution in [0.4, 0.5) is 0 Å². The maximum atomic E-state index is 14.2. The Morgan fingerprint density at radius 3 is 2.60 bits per heavy atom. The Morgan fingerprint density at radius 1 is 1.12 bits per heavy atom. The molecule has 5 aromatic rings. The lowest BCUT2D eigenvalue weighted by molar-refractivity contribution is -0.120. The van der Waals surface area contributed by atoms with E-state index in [1.54, 1.807) is 15.9 Å². The van der Waals surface area contributed by atoms with Crippen molar-refractivity contribution in [1.82, 2.24) is 24.5 Å². The first-order chi connectivity index (χ1) is 19.3. The van der Waals surface area contributed by atoms with Crippen molar-refractivity contribution < 1.29 is 9.53 Å². The van der Waals surface area contributed by atoms with Gasteiger partial charge in [0.1, 0.15) is 4.83 Å². The van der Waals surface area contributed by atoms with Crippen LogP contribution in [-0.2, 0) is 29.1 Å². The summed E-state index contributed by atoms with van der Waals surface area (Å²) < 4.78 is 9.73. The molecule has 2 atom stereocenters. The van der Waals surface area contributed by atoms with Crippen LogP contribution in [0.5, 0.6) is 0 Å². The van der Waals surface area contributed by atoms with Crippen LogP contribution in [0.2, 0.25) is 0 Å². The molecule has 1 amide bonds. The van der Waals surface area contributed by atoms with Gasteiger partial charge >= 0.3 is 0 Å². The zero-order chi connectivity index (χ0) is 28.0. The number of hydrogen-bond donors (Lipinski definition) is 1. The van der Waals surface area contributed by atoms with E-state index in [0.29, 0.717) is 41.8 Å². The van der Waals surface area contributed by atoms with Crippen molar-refractivity contribution in [1.29, 1.82) is 0 Å². The maximum Gasteiger partial charge on any atom is 0.268 e. The van der Waals surface area contributed by atoms with Crippen LogP contribution < -0.4 is 10.9 Å². The minimum absolute atomic E-state index is 0.0521. The summed E-state index contributed by atoms with van der Waals surface area (Å²) in [5.41, 5.74) is 3.82. The molecule has 10 heteroatoms. The highest BCUT2D eigenvalue weighted by Crippen LogP contribution is 2.38. The number of rotatable bonds is 7. The van der Waals surface area contributed by atoms with E-state index in [2.05, 4.69) is 29.4 Å². The molecule has 0 saturated carbocycles. The number of thioether (sulfide) groups is 1. The number of ether oxygens (including phenoxy) is 1. The minimum Gasteiger partial charge on any atom is -0.372 e. The summed E-state index contributed by atoms with van der Waals surface area (Å²) in [6.07, 6.45) is 0.737. The number of fused-ring (bicyclic) bond motifs is 5. The highest BCUT2D eigenvalue weighted by molar-refractivity contribution is 8.00. The summed E-state index contributed by atoms with van der Waals surface area (Å²) in [4.78, 5) is 29.0. The number of hydrogen-bond acceptors (Lipinski definition) is 7. The number of carbonyl (C=O) groups excluding carboxylic acids is 1. The zero-order valence-corrected chi connectivity index (χ0v) is 24.5. The fourth-order valence-corrected chi connectivity index (χ4v) is 7.18. The van der Waals surface area contributed by atoms with Crippen LogP contribution in [0.1, 0.15) is 42.3 Å². The molecule has 3 aromatic heterocycles. The van der Waals surface area contributed by atoms with E-state index in [1.807, 2.05) is 72.8 Å². The van der Waals surface area contributed by atoms with Crippen LogP contribution in [0.25, 0.3) is 21.7 Å². The zero-order valence-electron chi connectivity index (χ0n) is 22.9. The van der Waals surface area contributed by atoms with E-state index >= 15 is 0 Å². The van der Waals surface area contributed by atoms with E-state index in [0.717, 1.165) is 32.1 Å².